The fourth-order valence-corrected chi connectivity index (χ4v) is 1.75. The Morgan fingerprint density at radius 2 is 1.32 bits per heavy atom. The van der Waals surface area contributed by atoms with Crippen molar-refractivity contribution >= 4 is 34.9 Å². The van der Waals surface area contributed by atoms with Crippen LogP contribution in [0.1, 0.15) is 20.7 Å². The highest BCUT2D eigenvalue weighted by Crippen LogP contribution is 2.30. The van der Waals surface area contributed by atoms with Gasteiger partial charge in [0.2, 0.25) is 0 Å². The molecule has 2 rings (SSSR count). The lowest BCUT2D eigenvalue weighted by Gasteiger charge is -2.05. The van der Waals surface area contributed by atoms with Crippen molar-refractivity contribution in [3.05, 3.63) is 52.5 Å². The summed E-state index contributed by atoms with van der Waals surface area (Å²) in [4.78, 5) is 22.0. The Balaban J connectivity index is 2.44. The lowest BCUT2D eigenvalue weighted by molar-refractivity contribution is 0.0691. The van der Waals surface area contributed by atoms with Crippen molar-refractivity contribution in [1.29, 1.82) is 0 Å². The molecule has 0 saturated carbocycles. The van der Waals surface area contributed by atoms with Gasteiger partial charge in [-0.1, -0.05) is 11.6 Å². The van der Waals surface area contributed by atoms with Crippen LogP contribution in [0.3, 0.4) is 0 Å². The number of aromatic carboxylic acids is 2. The van der Waals surface area contributed by atoms with Crippen molar-refractivity contribution in [2.75, 3.05) is 0 Å². The zero-order chi connectivity index (χ0) is 16.3. The van der Waals surface area contributed by atoms with E-state index in [4.69, 9.17) is 21.8 Å². The van der Waals surface area contributed by atoms with Crippen LogP contribution < -0.4 is 0 Å². The van der Waals surface area contributed by atoms with Gasteiger partial charge >= 0.3 is 11.9 Å². The normalized spacial score (nSPS) is 10.8. The zero-order valence-electron chi connectivity index (χ0n) is 10.9. The van der Waals surface area contributed by atoms with Crippen LogP contribution in [-0.4, -0.2) is 27.3 Å². The molecule has 2 aromatic carbocycles. The standard InChI is InChI=1S/C14H9ClN2O5/c15-7-1-3-8(4-2-7)16-17-9-5-10(13(19)20)12(18)11(6-9)14(21)22/h1-6,18H,(H,19,20)(H,21,22)/b17-16+. The Labute approximate surface area is 129 Å². The second kappa shape index (κ2) is 6.23. The Hall–Kier alpha value is -2.93. The number of phenols is 1. The summed E-state index contributed by atoms with van der Waals surface area (Å²) in [7, 11) is 0. The molecule has 0 atom stereocenters. The van der Waals surface area contributed by atoms with Crippen molar-refractivity contribution in [3.63, 3.8) is 0 Å². The number of carbonyl (C=O) groups is 2. The van der Waals surface area contributed by atoms with Crippen LogP contribution in [0.2, 0.25) is 5.02 Å². The van der Waals surface area contributed by atoms with Crippen LogP contribution >= 0.6 is 11.6 Å². The molecule has 2 aromatic rings. The largest absolute Gasteiger partial charge is 0.506 e. The highest BCUT2D eigenvalue weighted by Gasteiger charge is 2.19. The lowest BCUT2D eigenvalue weighted by Crippen LogP contribution is -2.03. The van der Waals surface area contributed by atoms with Gasteiger partial charge in [0.05, 0.1) is 11.4 Å². The minimum atomic E-state index is -1.47. The van der Waals surface area contributed by atoms with E-state index in [0.29, 0.717) is 10.7 Å². The molecule has 22 heavy (non-hydrogen) atoms. The summed E-state index contributed by atoms with van der Waals surface area (Å²) in [6.45, 7) is 0. The van der Waals surface area contributed by atoms with Crippen molar-refractivity contribution in [2.45, 2.75) is 0 Å². The second-order valence-corrected chi connectivity index (χ2v) is 4.61. The van der Waals surface area contributed by atoms with Crippen molar-refractivity contribution in [1.82, 2.24) is 0 Å². The quantitative estimate of drug-likeness (QED) is 0.739. The molecule has 0 aliphatic carbocycles. The van der Waals surface area contributed by atoms with Crippen molar-refractivity contribution in [3.8, 4) is 5.75 Å². The van der Waals surface area contributed by atoms with Crippen LogP contribution in [0.4, 0.5) is 11.4 Å². The van der Waals surface area contributed by atoms with Gasteiger partial charge in [-0.05, 0) is 36.4 Å². The number of nitrogens with zero attached hydrogens (tertiary/aromatic N) is 2. The van der Waals surface area contributed by atoms with Crippen LogP contribution in [-0.2, 0) is 0 Å². The first-order valence-electron chi connectivity index (χ1n) is 5.89. The first-order chi connectivity index (χ1) is 10.4. The molecule has 0 bridgehead atoms. The average Bonchev–Trinajstić information content (AvgIpc) is 2.47. The number of aromatic hydroxyl groups is 1. The average molecular weight is 321 g/mol. The van der Waals surface area contributed by atoms with E-state index in [1.54, 1.807) is 24.3 Å². The molecule has 0 radical (unpaired) electrons. The first kappa shape index (κ1) is 15.5. The molecule has 0 aromatic heterocycles. The van der Waals surface area contributed by atoms with Crippen molar-refractivity contribution in [2.24, 2.45) is 10.2 Å². The van der Waals surface area contributed by atoms with Gasteiger partial charge in [-0.2, -0.15) is 10.2 Å². The Kier molecular flexibility index (Phi) is 4.38. The van der Waals surface area contributed by atoms with E-state index in [-0.39, 0.29) is 5.69 Å². The second-order valence-electron chi connectivity index (χ2n) is 4.18. The van der Waals surface area contributed by atoms with Gasteiger partial charge in [-0.25, -0.2) is 9.59 Å². The summed E-state index contributed by atoms with van der Waals surface area (Å²) in [5.74, 6) is -3.77. The van der Waals surface area contributed by atoms with Gasteiger partial charge in [0.25, 0.3) is 0 Å². The van der Waals surface area contributed by atoms with E-state index in [2.05, 4.69) is 10.2 Å². The van der Waals surface area contributed by atoms with Gasteiger partial charge in [-0.3, -0.25) is 0 Å². The van der Waals surface area contributed by atoms with E-state index in [9.17, 15) is 14.7 Å². The smallest absolute Gasteiger partial charge is 0.339 e. The van der Waals surface area contributed by atoms with E-state index in [1.807, 2.05) is 0 Å². The topological polar surface area (TPSA) is 120 Å². The molecule has 0 aliphatic heterocycles. The lowest BCUT2D eigenvalue weighted by atomic mass is 10.1. The molecule has 3 N–H and O–H groups in total. The molecule has 0 unspecified atom stereocenters. The van der Waals surface area contributed by atoms with Gasteiger partial charge in [-0.15, -0.1) is 0 Å². The maximum atomic E-state index is 11.0. The summed E-state index contributed by atoms with van der Waals surface area (Å²) >= 11 is 5.73. The van der Waals surface area contributed by atoms with E-state index < -0.39 is 28.8 Å². The third-order valence-electron chi connectivity index (χ3n) is 2.66. The van der Waals surface area contributed by atoms with Crippen LogP contribution in [0.15, 0.2) is 46.6 Å². The number of carboxylic acids is 2. The highest BCUT2D eigenvalue weighted by atomic mass is 35.5. The predicted molar refractivity (Wildman–Crippen MR) is 77.7 cm³/mol. The Bertz CT molecular complexity index is 736. The number of carboxylic acid groups (broad SMARTS) is 2. The first-order valence-corrected chi connectivity index (χ1v) is 6.27. The molecule has 0 heterocycles. The minimum Gasteiger partial charge on any atom is -0.506 e. The third-order valence-corrected chi connectivity index (χ3v) is 2.92. The molecule has 0 fully saturated rings. The molecule has 7 nitrogen and oxygen atoms in total. The fraction of sp³-hybridized carbons (Fsp3) is 0. The number of benzene rings is 2. The number of azo groups is 1. The van der Waals surface area contributed by atoms with Gasteiger partial charge in [0.1, 0.15) is 16.9 Å². The van der Waals surface area contributed by atoms with Crippen molar-refractivity contribution < 1.29 is 24.9 Å². The molecule has 0 saturated heterocycles. The predicted octanol–water partition coefficient (Wildman–Crippen LogP) is 3.86. The maximum absolute atomic E-state index is 11.0. The SMILES string of the molecule is O=C(O)c1cc(/N=N/c2ccc(Cl)cc2)cc(C(=O)O)c1O. The minimum absolute atomic E-state index is 0.0115. The molecular weight excluding hydrogens is 312 g/mol. The van der Waals surface area contributed by atoms with Crippen LogP contribution in [0.5, 0.6) is 5.75 Å². The van der Waals surface area contributed by atoms with E-state index in [1.165, 1.54) is 0 Å². The van der Waals surface area contributed by atoms with E-state index >= 15 is 0 Å². The molecule has 0 amide bonds. The Morgan fingerprint density at radius 3 is 1.77 bits per heavy atom. The summed E-state index contributed by atoms with van der Waals surface area (Å²) < 4.78 is 0. The van der Waals surface area contributed by atoms with Crippen LogP contribution in [0.25, 0.3) is 0 Å². The number of hydrogen-bond acceptors (Lipinski definition) is 5. The summed E-state index contributed by atoms with van der Waals surface area (Å²) in [5.41, 5.74) is -0.691. The number of halogens is 1. The van der Waals surface area contributed by atoms with Gasteiger partial charge < -0.3 is 15.3 Å². The van der Waals surface area contributed by atoms with E-state index in [0.717, 1.165) is 12.1 Å². The molecule has 112 valence electrons. The molecule has 0 aliphatic rings. The van der Waals surface area contributed by atoms with Gasteiger partial charge in [0, 0.05) is 5.02 Å². The van der Waals surface area contributed by atoms with Crippen LogP contribution in [0, 0.1) is 0 Å². The molecular formula is C14H9ClN2O5. The molecule has 0 spiro atoms. The highest BCUT2D eigenvalue weighted by molar-refractivity contribution is 6.30. The summed E-state index contributed by atoms with van der Waals surface area (Å²) in [5, 5.41) is 35.7. The third kappa shape index (κ3) is 3.39. The zero-order valence-corrected chi connectivity index (χ0v) is 11.7. The maximum Gasteiger partial charge on any atom is 0.339 e. The molecule has 8 heteroatoms. The Morgan fingerprint density at radius 1 is 0.864 bits per heavy atom. The summed E-state index contributed by atoms with van der Waals surface area (Å²) in [6, 6.07) is 8.42. The number of rotatable bonds is 4. The monoisotopic (exact) mass is 320 g/mol. The van der Waals surface area contributed by atoms with Gasteiger partial charge in [0.15, 0.2) is 0 Å². The summed E-state index contributed by atoms with van der Waals surface area (Å²) in [6.07, 6.45) is 0. The number of hydrogen-bond donors (Lipinski definition) is 3. The fourth-order valence-electron chi connectivity index (χ4n) is 1.63.